The van der Waals surface area contributed by atoms with Crippen LogP contribution in [0, 0.1) is 6.92 Å². The number of anilines is 3. The summed E-state index contributed by atoms with van der Waals surface area (Å²) in [7, 11) is 0. The zero-order chi connectivity index (χ0) is 19.0. The predicted molar refractivity (Wildman–Crippen MR) is 101 cm³/mol. The molecule has 1 atom stereocenters. The maximum Gasteiger partial charge on any atom is 0.263 e. The van der Waals surface area contributed by atoms with Crippen molar-refractivity contribution in [1.82, 2.24) is 15.3 Å². The summed E-state index contributed by atoms with van der Waals surface area (Å²) in [6, 6.07) is 7.53. The Kier molecular flexibility index (Phi) is 4.39. The molecule has 2 aliphatic heterocycles. The van der Waals surface area contributed by atoms with Crippen LogP contribution in [0.4, 0.5) is 17.5 Å². The first-order valence-electron chi connectivity index (χ1n) is 8.97. The first-order valence-corrected chi connectivity index (χ1v) is 8.97. The molecule has 8 heteroatoms. The van der Waals surface area contributed by atoms with Crippen molar-refractivity contribution < 1.29 is 14.3 Å². The zero-order valence-corrected chi connectivity index (χ0v) is 15.3. The van der Waals surface area contributed by atoms with Gasteiger partial charge in [0, 0.05) is 12.2 Å². The summed E-state index contributed by atoms with van der Waals surface area (Å²) in [4.78, 5) is 35.3. The fourth-order valence-electron chi connectivity index (χ4n) is 3.50. The van der Waals surface area contributed by atoms with Crippen LogP contribution in [0.5, 0.6) is 5.88 Å². The molecule has 1 saturated heterocycles. The molecule has 1 unspecified atom stereocenters. The van der Waals surface area contributed by atoms with Gasteiger partial charge in [0.15, 0.2) is 18.3 Å². The lowest BCUT2D eigenvalue weighted by Gasteiger charge is -2.26. The molecular formula is C19H21N5O3. The van der Waals surface area contributed by atoms with Crippen LogP contribution in [-0.2, 0) is 4.79 Å². The Balaban J connectivity index is 1.78. The van der Waals surface area contributed by atoms with Gasteiger partial charge < -0.3 is 20.3 Å². The Morgan fingerprint density at radius 2 is 2.22 bits per heavy atom. The molecule has 0 spiro atoms. The zero-order valence-electron chi connectivity index (χ0n) is 15.3. The van der Waals surface area contributed by atoms with Crippen LogP contribution in [0.1, 0.15) is 35.7 Å². The number of hydrogen-bond donors (Lipinski definition) is 2. The van der Waals surface area contributed by atoms with Crippen LogP contribution in [-0.4, -0.2) is 41.0 Å². The molecule has 140 valence electrons. The fraction of sp³-hybridized carbons (Fsp3) is 0.368. The molecule has 2 N–H and O–H groups in total. The van der Waals surface area contributed by atoms with E-state index >= 15 is 0 Å². The van der Waals surface area contributed by atoms with E-state index in [0.29, 0.717) is 18.3 Å². The number of aromatic nitrogens is 2. The first-order chi connectivity index (χ1) is 13.0. The molecule has 1 amide bonds. The Morgan fingerprint density at radius 1 is 1.37 bits per heavy atom. The van der Waals surface area contributed by atoms with E-state index in [9.17, 15) is 9.59 Å². The van der Waals surface area contributed by atoms with Crippen LogP contribution in [0.15, 0.2) is 24.3 Å². The Morgan fingerprint density at radius 3 is 3.00 bits per heavy atom. The number of ketones is 1. The molecule has 27 heavy (non-hydrogen) atoms. The van der Waals surface area contributed by atoms with E-state index < -0.39 is 0 Å². The molecule has 2 aromatic rings. The van der Waals surface area contributed by atoms with Gasteiger partial charge >= 0.3 is 0 Å². The standard InChI is InChI=1S/C19H21N5O3/c1-11-5-3-6-13(9-11)21-16-15-17(26)20-10-27-18(15)23-19(22-16)24-8-4-7-14(24)12(2)25/h3,5-6,9,14H,4,7-8,10H2,1-2H3,(H,20,26)(H,21,22,23). The Bertz CT molecular complexity index is 914. The van der Waals surface area contributed by atoms with E-state index in [1.165, 1.54) is 0 Å². The number of benzene rings is 1. The summed E-state index contributed by atoms with van der Waals surface area (Å²) in [6.07, 6.45) is 1.67. The van der Waals surface area contributed by atoms with Gasteiger partial charge in [-0.25, -0.2) is 0 Å². The van der Waals surface area contributed by atoms with Crippen molar-refractivity contribution in [3.63, 3.8) is 0 Å². The maximum absolute atomic E-state index is 12.4. The first kappa shape index (κ1) is 17.3. The molecule has 0 aliphatic carbocycles. The van der Waals surface area contributed by atoms with E-state index in [1.807, 2.05) is 36.1 Å². The second kappa shape index (κ2) is 6.86. The highest BCUT2D eigenvalue weighted by atomic mass is 16.5. The highest BCUT2D eigenvalue weighted by Crippen LogP contribution is 2.33. The number of ether oxygens (including phenoxy) is 1. The summed E-state index contributed by atoms with van der Waals surface area (Å²) in [5.41, 5.74) is 2.16. The molecule has 8 nitrogen and oxygen atoms in total. The normalized spacial score (nSPS) is 18.5. The lowest BCUT2D eigenvalue weighted by atomic mass is 10.1. The van der Waals surface area contributed by atoms with Gasteiger partial charge in [-0.1, -0.05) is 12.1 Å². The van der Waals surface area contributed by atoms with Gasteiger partial charge in [-0.2, -0.15) is 9.97 Å². The summed E-state index contributed by atoms with van der Waals surface area (Å²) in [6.45, 7) is 4.32. The summed E-state index contributed by atoms with van der Waals surface area (Å²) < 4.78 is 5.56. The van der Waals surface area contributed by atoms with Crippen molar-refractivity contribution in [3.05, 3.63) is 35.4 Å². The highest BCUT2D eigenvalue weighted by Gasteiger charge is 2.33. The van der Waals surface area contributed by atoms with Crippen molar-refractivity contribution >= 4 is 29.1 Å². The molecule has 1 aromatic carbocycles. The molecule has 1 fully saturated rings. The SMILES string of the molecule is CC(=O)C1CCCN1c1nc(Nc2cccc(C)c2)c2c(n1)OCNC2=O. The molecular weight excluding hydrogens is 346 g/mol. The topological polar surface area (TPSA) is 96.5 Å². The second-order valence-electron chi connectivity index (χ2n) is 6.80. The number of Topliss-reactive ketones (excluding diaryl/α,β-unsaturated/α-hetero) is 1. The lowest BCUT2D eigenvalue weighted by molar-refractivity contribution is -0.118. The Hall–Kier alpha value is -3.16. The molecule has 0 radical (unpaired) electrons. The Labute approximate surface area is 156 Å². The average Bonchev–Trinajstić information content (AvgIpc) is 3.11. The van der Waals surface area contributed by atoms with E-state index in [0.717, 1.165) is 24.1 Å². The van der Waals surface area contributed by atoms with Gasteiger partial charge in [0.05, 0.1) is 6.04 Å². The van der Waals surface area contributed by atoms with Gasteiger partial charge in [0.25, 0.3) is 5.91 Å². The van der Waals surface area contributed by atoms with E-state index in [-0.39, 0.29) is 35.9 Å². The second-order valence-corrected chi connectivity index (χ2v) is 6.80. The van der Waals surface area contributed by atoms with Gasteiger partial charge in [0.2, 0.25) is 11.8 Å². The number of rotatable bonds is 4. The number of hydrogen-bond acceptors (Lipinski definition) is 7. The molecule has 0 bridgehead atoms. The maximum atomic E-state index is 12.4. The minimum atomic E-state index is -0.289. The van der Waals surface area contributed by atoms with E-state index in [4.69, 9.17) is 4.74 Å². The summed E-state index contributed by atoms with van der Waals surface area (Å²) >= 11 is 0. The van der Waals surface area contributed by atoms with Crippen LogP contribution in [0.3, 0.4) is 0 Å². The van der Waals surface area contributed by atoms with Crippen LogP contribution >= 0.6 is 0 Å². The number of amides is 1. The number of carbonyl (C=O) groups excluding carboxylic acids is 2. The fourth-order valence-corrected chi connectivity index (χ4v) is 3.50. The van der Waals surface area contributed by atoms with Crippen LogP contribution in [0.25, 0.3) is 0 Å². The van der Waals surface area contributed by atoms with E-state index in [1.54, 1.807) is 6.92 Å². The van der Waals surface area contributed by atoms with Crippen molar-refractivity contribution in [2.75, 3.05) is 23.5 Å². The third kappa shape index (κ3) is 3.30. The van der Waals surface area contributed by atoms with Crippen LogP contribution in [0.2, 0.25) is 0 Å². The molecule has 4 rings (SSSR count). The quantitative estimate of drug-likeness (QED) is 0.855. The lowest BCUT2D eigenvalue weighted by Crippen LogP contribution is -2.38. The number of carbonyl (C=O) groups is 2. The smallest absolute Gasteiger partial charge is 0.263 e. The number of nitrogens with one attached hydrogen (secondary N) is 2. The number of aryl methyl sites for hydroxylation is 1. The van der Waals surface area contributed by atoms with Crippen LogP contribution < -0.4 is 20.3 Å². The monoisotopic (exact) mass is 367 g/mol. The molecule has 2 aliphatic rings. The minimum absolute atomic E-state index is 0.0578. The van der Waals surface area contributed by atoms with Crippen molar-refractivity contribution in [2.24, 2.45) is 0 Å². The van der Waals surface area contributed by atoms with Gasteiger partial charge in [0.1, 0.15) is 5.56 Å². The largest absolute Gasteiger partial charge is 0.456 e. The molecule has 0 saturated carbocycles. The van der Waals surface area contributed by atoms with Crippen molar-refractivity contribution in [2.45, 2.75) is 32.7 Å². The molecule has 3 heterocycles. The van der Waals surface area contributed by atoms with Crippen molar-refractivity contribution in [3.8, 4) is 5.88 Å². The number of nitrogens with zero attached hydrogens (tertiary/aromatic N) is 3. The number of fused-ring (bicyclic) bond motifs is 1. The highest BCUT2D eigenvalue weighted by molar-refractivity contribution is 6.02. The summed E-state index contributed by atoms with van der Waals surface area (Å²) in [5.74, 6) is 0.791. The predicted octanol–water partition coefficient (Wildman–Crippen LogP) is 2.17. The third-order valence-corrected chi connectivity index (χ3v) is 4.79. The molecule has 1 aromatic heterocycles. The van der Waals surface area contributed by atoms with Gasteiger partial charge in [-0.05, 0) is 44.4 Å². The third-order valence-electron chi connectivity index (χ3n) is 4.79. The van der Waals surface area contributed by atoms with Gasteiger partial charge in [-0.3, -0.25) is 9.59 Å². The van der Waals surface area contributed by atoms with Crippen molar-refractivity contribution in [1.29, 1.82) is 0 Å². The van der Waals surface area contributed by atoms with Gasteiger partial charge in [-0.15, -0.1) is 0 Å². The summed E-state index contributed by atoms with van der Waals surface area (Å²) in [5, 5.41) is 5.85. The van der Waals surface area contributed by atoms with E-state index in [2.05, 4.69) is 20.6 Å². The average molecular weight is 367 g/mol. The minimum Gasteiger partial charge on any atom is -0.456 e.